The van der Waals surface area contributed by atoms with Gasteiger partial charge in [-0.25, -0.2) is 0 Å². The lowest BCUT2D eigenvalue weighted by molar-refractivity contribution is 0.202. The molecule has 4 nitrogen and oxygen atoms in total. The Morgan fingerprint density at radius 2 is 2.32 bits per heavy atom. The molecule has 0 spiro atoms. The predicted octanol–water partition coefficient (Wildman–Crippen LogP) is 2.04. The van der Waals surface area contributed by atoms with Crippen LogP contribution in [0.3, 0.4) is 0 Å². The molecule has 0 bridgehead atoms. The lowest BCUT2D eigenvalue weighted by Crippen LogP contribution is -2.36. The molecule has 1 aliphatic rings. The van der Waals surface area contributed by atoms with Crippen molar-refractivity contribution in [3.8, 4) is 0 Å². The van der Waals surface area contributed by atoms with Gasteiger partial charge in [0.1, 0.15) is 5.65 Å². The summed E-state index contributed by atoms with van der Waals surface area (Å²) in [6.45, 7) is 5.74. The number of hydrogen-bond donors (Lipinski definition) is 1. The highest BCUT2D eigenvalue weighted by molar-refractivity contribution is 5.39. The molecule has 1 unspecified atom stereocenters. The highest BCUT2D eigenvalue weighted by Gasteiger charge is 2.26. The number of fused-ring (bicyclic) bond motifs is 1. The fourth-order valence-corrected chi connectivity index (χ4v) is 3.18. The summed E-state index contributed by atoms with van der Waals surface area (Å²) >= 11 is 0. The summed E-state index contributed by atoms with van der Waals surface area (Å²) in [6, 6.07) is 4.48. The van der Waals surface area contributed by atoms with Crippen molar-refractivity contribution < 1.29 is 0 Å². The maximum absolute atomic E-state index is 11.3. The van der Waals surface area contributed by atoms with Crippen LogP contribution in [0, 0.1) is 0 Å². The third-order valence-electron chi connectivity index (χ3n) is 4.08. The number of hydrogen-bond acceptors (Lipinski definition) is 2. The highest BCUT2D eigenvalue weighted by atomic mass is 16.1. The summed E-state index contributed by atoms with van der Waals surface area (Å²) < 4.78 is 1.99. The van der Waals surface area contributed by atoms with E-state index in [4.69, 9.17) is 0 Å². The number of nitrogens with zero attached hydrogens (tertiary/aromatic N) is 2. The summed E-state index contributed by atoms with van der Waals surface area (Å²) in [5.41, 5.74) is 2.15. The van der Waals surface area contributed by atoms with Gasteiger partial charge in [-0.05, 0) is 33.2 Å². The summed E-state index contributed by atoms with van der Waals surface area (Å²) in [5.74, 6) is 0. The molecular formula is C15H21N3O. The SMILES string of the molecule is CC(C)N1CCCC1Cc1cn2ccc(=O)cc2[nH]1. The van der Waals surface area contributed by atoms with Gasteiger partial charge in [-0.2, -0.15) is 0 Å². The molecule has 0 aromatic carbocycles. The zero-order chi connectivity index (χ0) is 13.4. The number of aromatic nitrogens is 2. The Morgan fingerprint density at radius 3 is 3.11 bits per heavy atom. The van der Waals surface area contributed by atoms with Crippen molar-refractivity contribution in [1.82, 2.24) is 14.3 Å². The number of aromatic amines is 1. The van der Waals surface area contributed by atoms with Crippen molar-refractivity contribution in [2.75, 3.05) is 6.54 Å². The second-order valence-electron chi connectivity index (χ2n) is 5.77. The number of H-pyrrole nitrogens is 1. The molecule has 4 heteroatoms. The fraction of sp³-hybridized carbons (Fsp3) is 0.533. The maximum Gasteiger partial charge on any atom is 0.183 e. The van der Waals surface area contributed by atoms with E-state index in [-0.39, 0.29) is 5.43 Å². The van der Waals surface area contributed by atoms with Gasteiger partial charge in [-0.3, -0.25) is 9.69 Å². The van der Waals surface area contributed by atoms with E-state index in [0.29, 0.717) is 12.1 Å². The Kier molecular flexibility index (Phi) is 3.19. The van der Waals surface area contributed by atoms with Gasteiger partial charge in [-0.1, -0.05) is 0 Å². The Morgan fingerprint density at radius 1 is 1.47 bits per heavy atom. The largest absolute Gasteiger partial charge is 0.343 e. The van der Waals surface area contributed by atoms with E-state index in [1.54, 1.807) is 12.1 Å². The zero-order valence-corrected chi connectivity index (χ0v) is 11.6. The van der Waals surface area contributed by atoms with Gasteiger partial charge >= 0.3 is 0 Å². The first kappa shape index (κ1) is 12.5. The molecule has 0 radical (unpaired) electrons. The second-order valence-corrected chi connectivity index (χ2v) is 5.77. The van der Waals surface area contributed by atoms with Crippen LogP contribution in [0.4, 0.5) is 0 Å². The van der Waals surface area contributed by atoms with E-state index in [1.807, 2.05) is 10.6 Å². The Bertz CT molecular complexity index is 626. The van der Waals surface area contributed by atoms with Crippen LogP contribution in [0.15, 0.2) is 29.3 Å². The van der Waals surface area contributed by atoms with Crippen LogP contribution in [0.5, 0.6) is 0 Å². The summed E-state index contributed by atoms with van der Waals surface area (Å²) in [4.78, 5) is 17.3. The predicted molar refractivity (Wildman–Crippen MR) is 76.6 cm³/mol. The van der Waals surface area contributed by atoms with Crippen molar-refractivity contribution in [3.05, 3.63) is 40.4 Å². The molecule has 2 aromatic rings. The van der Waals surface area contributed by atoms with Crippen LogP contribution in [-0.2, 0) is 6.42 Å². The first-order chi connectivity index (χ1) is 9.13. The molecule has 1 atom stereocenters. The molecule has 0 aliphatic carbocycles. The van der Waals surface area contributed by atoms with Crippen LogP contribution in [0.2, 0.25) is 0 Å². The Labute approximate surface area is 113 Å². The maximum atomic E-state index is 11.3. The van der Waals surface area contributed by atoms with Crippen molar-refractivity contribution in [1.29, 1.82) is 0 Å². The van der Waals surface area contributed by atoms with Gasteiger partial charge in [0, 0.05) is 48.7 Å². The molecule has 1 fully saturated rings. The fourth-order valence-electron chi connectivity index (χ4n) is 3.18. The molecule has 3 rings (SSSR count). The van der Waals surface area contributed by atoms with Crippen LogP contribution >= 0.6 is 0 Å². The van der Waals surface area contributed by atoms with Crippen LogP contribution in [0.1, 0.15) is 32.4 Å². The Hall–Kier alpha value is -1.55. The van der Waals surface area contributed by atoms with Crippen molar-refractivity contribution in [2.45, 2.75) is 45.2 Å². The number of likely N-dealkylation sites (tertiary alicyclic amines) is 1. The van der Waals surface area contributed by atoms with Crippen molar-refractivity contribution in [2.24, 2.45) is 0 Å². The van der Waals surface area contributed by atoms with E-state index >= 15 is 0 Å². The third-order valence-corrected chi connectivity index (χ3v) is 4.08. The van der Waals surface area contributed by atoms with Crippen molar-refractivity contribution >= 4 is 5.65 Å². The number of imidazole rings is 1. The lowest BCUT2D eigenvalue weighted by Gasteiger charge is -2.27. The Balaban J connectivity index is 1.83. The summed E-state index contributed by atoms with van der Waals surface area (Å²) in [7, 11) is 0. The first-order valence-corrected chi connectivity index (χ1v) is 7.09. The zero-order valence-electron chi connectivity index (χ0n) is 11.6. The molecule has 3 heterocycles. The minimum atomic E-state index is 0.0538. The number of nitrogens with one attached hydrogen (secondary N) is 1. The van der Waals surface area contributed by atoms with Gasteiger partial charge < -0.3 is 9.38 Å². The van der Waals surface area contributed by atoms with E-state index < -0.39 is 0 Å². The normalized spacial score (nSPS) is 20.7. The molecular weight excluding hydrogens is 238 g/mol. The third kappa shape index (κ3) is 2.45. The first-order valence-electron chi connectivity index (χ1n) is 7.09. The molecule has 2 aromatic heterocycles. The van der Waals surface area contributed by atoms with E-state index in [0.717, 1.165) is 12.1 Å². The highest BCUT2D eigenvalue weighted by Crippen LogP contribution is 2.23. The monoisotopic (exact) mass is 259 g/mol. The van der Waals surface area contributed by atoms with Crippen LogP contribution in [-0.4, -0.2) is 32.9 Å². The van der Waals surface area contributed by atoms with Gasteiger partial charge in [-0.15, -0.1) is 0 Å². The topological polar surface area (TPSA) is 40.5 Å². The van der Waals surface area contributed by atoms with Crippen molar-refractivity contribution in [3.63, 3.8) is 0 Å². The average Bonchev–Trinajstić information content (AvgIpc) is 2.95. The molecule has 1 aliphatic heterocycles. The average molecular weight is 259 g/mol. The second kappa shape index (κ2) is 4.85. The van der Waals surface area contributed by atoms with Gasteiger partial charge in [0.05, 0.1) is 0 Å². The van der Waals surface area contributed by atoms with E-state index in [1.165, 1.54) is 25.1 Å². The standard InChI is InChI=1S/C15H21N3O/c1-11(2)18-6-3-4-13(18)8-12-10-17-7-5-14(19)9-15(17)16-12/h5,7,9-11,13,16H,3-4,6,8H2,1-2H3. The molecule has 0 saturated carbocycles. The quantitative estimate of drug-likeness (QED) is 0.916. The van der Waals surface area contributed by atoms with E-state index in [9.17, 15) is 4.79 Å². The minimum absolute atomic E-state index is 0.0538. The van der Waals surface area contributed by atoms with Crippen LogP contribution < -0.4 is 5.43 Å². The number of rotatable bonds is 3. The van der Waals surface area contributed by atoms with Crippen LogP contribution in [0.25, 0.3) is 5.65 Å². The summed E-state index contributed by atoms with van der Waals surface area (Å²) in [6.07, 6.45) is 7.53. The summed E-state index contributed by atoms with van der Waals surface area (Å²) in [5, 5.41) is 0. The number of pyridine rings is 1. The van der Waals surface area contributed by atoms with E-state index in [2.05, 4.69) is 29.9 Å². The molecule has 102 valence electrons. The molecule has 1 N–H and O–H groups in total. The minimum Gasteiger partial charge on any atom is -0.343 e. The van der Waals surface area contributed by atoms with Gasteiger partial charge in [0.2, 0.25) is 0 Å². The lowest BCUT2D eigenvalue weighted by atomic mass is 10.1. The molecule has 1 saturated heterocycles. The van der Waals surface area contributed by atoms with Gasteiger partial charge in [0.25, 0.3) is 0 Å². The molecule has 0 amide bonds. The molecule has 19 heavy (non-hydrogen) atoms. The van der Waals surface area contributed by atoms with Gasteiger partial charge in [0.15, 0.2) is 5.43 Å². The smallest absolute Gasteiger partial charge is 0.183 e.